The quantitative estimate of drug-likeness (QED) is 0.659. The van der Waals surface area contributed by atoms with Crippen molar-refractivity contribution in [1.82, 2.24) is 0 Å². The van der Waals surface area contributed by atoms with Crippen molar-refractivity contribution in [1.29, 1.82) is 0 Å². The van der Waals surface area contributed by atoms with Crippen molar-refractivity contribution in [3.05, 3.63) is 33.3 Å². The molecule has 0 saturated heterocycles. The second kappa shape index (κ2) is 6.41. The third-order valence-electron chi connectivity index (χ3n) is 4.08. The van der Waals surface area contributed by atoms with Crippen LogP contribution in [0.1, 0.15) is 32.1 Å². The molecule has 1 fully saturated rings. The van der Waals surface area contributed by atoms with Gasteiger partial charge in [-0.2, -0.15) is 0 Å². The lowest BCUT2D eigenvalue weighted by atomic mass is 9.73. The van der Waals surface area contributed by atoms with E-state index < -0.39 is 10.3 Å². The Bertz CT molecular complexity index is 556. The Morgan fingerprint density at radius 2 is 2.05 bits per heavy atom. The van der Waals surface area contributed by atoms with E-state index in [4.69, 9.17) is 17.3 Å². The maximum atomic E-state index is 12.5. The van der Waals surface area contributed by atoms with Crippen LogP contribution in [0.2, 0.25) is 5.02 Å². The molecule has 0 atom stereocenters. The Balaban J connectivity index is 2.19. The molecule has 7 heteroatoms. The van der Waals surface area contributed by atoms with Gasteiger partial charge in [0.2, 0.25) is 5.91 Å². The van der Waals surface area contributed by atoms with Gasteiger partial charge >= 0.3 is 0 Å². The van der Waals surface area contributed by atoms with Gasteiger partial charge in [0.25, 0.3) is 5.69 Å². The fraction of sp³-hybridized carbons (Fsp3) is 0.500. The molecule has 1 saturated carbocycles. The van der Waals surface area contributed by atoms with E-state index >= 15 is 0 Å². The van der Waals surface area contributed by atoms with E-state index in [0.717, 1.165) is 32.1 Å². The number of anilines is 1. The summed E-state index contributed by atoms with van der Waals surface area (Å²) in [6, 6.07) is 4.23. The fourth-order valence-corrected chi connectivity index (χ4v) is 2.93. The van der Waals surface area contributed by atoms with Gasteiger partial charge in [0, 0.05) is 18.3 Å². The van der Waals surface area contributed by atoms with Crippen LogP contribution in [-0.4, -0.2) is 17.4 Å². The lowest BCUT2D eigenvalue weighted by Crippen LogP contribution is -2.43. The number of hydrogen-bond donors (Lipinski definition) is 2. The first-order valence-electron chi connectivity index (χ1n) is 6.94. The van der Waals surface area contributed by atoms with Crippen LogP contribution in [0.5, 0.6) is 0 Å². The molecule has 6 nitrogen and oxygen atoms in total. The topological polar surface area (TPSA) is 98.3 Å². The van der Waals surface area contributed by atoms with Gasteiger partial charge < -0.3 is 11.1 Å². The number of carbonyl (C=O) groups is 1. The highest BCUT2D eigenvalue weighted by Crippen LogP contribution is 2.37. The summed E-state index contributed by atoms with van der Waals surface area (Å²) in [5, 5.41) is 13.7. The summed E-state index contributed by atoms with van der Waals surface area (Å²) in [6.07, 6.45) is 4.58. The minimum Gasteiger partial charge on any atom is -0.329 e. The first-order chi connectivity index (χ1) is 9.98. The van der Waals surface area contributed by atoms with Gasteiger partial charge in [0.1, 0.15) is 5.02 Å². The molecule has 1 aromatic rings. The zero-order valence-electron chi connectivity index (χ0n) is 11.6. The average Bonchev–Trinajstić information content (AvgIpc) is 2.49. The summed E-state index contributed by atoms with van der Waals surface area (Å²) < 4.78 is 0. The molecular weight excluding hydrogens is 294 g/mol. The molecule has 0 bridgehead atoms. The Morgan fingerprint density at radius 1 is 1.38 bits per heavy atom. The van der Waals surface area contributed by atoms with Gasteiger partial charge in [0.15, 0.2) is 0 Å². The summed E-state index contributed by atoms with van der Waals surface area (Å²) >= 11 is 5.76. The van der Waals surface area contributed by atoms with Crippen molar-refractivity contribution in [2.75, 3.05) is 11.9 Å². The standard InChI is InChI=1S/C14H18ClN3O3/c15-11-5-4-10(8-12(11)18(20)21)17-13(19)14(9-16)6-2-1-3-7-14/h4-5,8H,1-3,6-7,9,16H2,(H,17,19). The van der Waals surface area contributed by atoms with E-state index in [1.54, 1.807) is 6.07 Å². The van der Waals surface area contributed by atoms with Gasteiger partial charge in [0.05, 0.1) is 10.3 Å². The van der Waals surface area contributed by atoms with Crippen molar-refractivity contribution >= 4 is 28.9 Å². The molecule has 1 aliphatic carbocycles. The average molecular weight is 312 g/mol. The minimum atomic E-state index is -0.572. The molecule has 3 N–H and O–H groups in total. The Hall–Kier alpha value is -1.66. The molecule has 0 heterocycles. The Kier molecular flexibility index (Phi) is 4.80. The van der Waals surface area contributed by atoms with Crippen molar-refractivity contribution in [3.8, 4) is 0 Å². The number of nitrogens with one attached hydrogen (secondary N) is 1. The monoisotopic (exact) mass is 311 g/mol. The summed E-state index contributed by atoms with van der Waals surface area (Å²) in [5.74, 6) is -0.165. The van der Waals surface area contributed by atoms with Crippen LogP contribution in [0.25, 0.3) is 0 Å². The van der Waals surface area contributed by atoms with Crippen molar-refractivity contribution in [3.63, 3.8) is 0 Å². The third kappa shape index (κ3) is 3.33. The highest BCUT2D eigenvalue weighted by Gasteiger charge is 2.38. The maximum Gasteiger partial charge on any atom is 0.289 e. The molecule has 0 radical (unpaired) electrons. The third-order valence-corrected chi connectivity index (χ3v) is 4.40. The molecule has 1 aromatic carbocycles. The van der Waals surface area contributed by atoms with Crippen LogP contribution in [-0.2, 0) is 4.79 Å². The predicted octanol–water partition coefficient (Wildman–Crippen LogP) is 3.10. The molecule has 0 unspecified atom stereocenters. The molecule has 0 aliphatic heterocycles. The Labute approximate surface area is 127 Å². The first-order valence-corrected chi connectivity index (χ1v) is 7.32. The van der Waals surface area contributed by atoms with Gasteiger partial charge in [-0.15, -0.1) is 0 Å². The molecular formula is C14H18ClN3O3. The van der Waals surface area contributed by atoms with E-state index in [1.807, 2.05) is 0 Å². The highest BCUT2D eigenvalue weighted by atomic mass is 35.5. The minimum absolute atomic E-state index is 0.0456. The van der Waals surface area contributed by atoms with Crippen LogP contribution in [0, 0.1) is 15.5 Å². The van der Waals surface area contributed by atoms with Gasteiger partial charge in [-0.3, -0.25) is 14.9 Å². The summed E-state index contributed by atoms with van der Waals surface area (Å²) in [6.45, 7) is 0.286. The Morgan fingerprint density at radius 3 is 2.62 bits per heavy atom. The van der Waals surface area contributed by atoms with Gasteiger partial charge in [-0.25, -0.2) is 0 Å². The smallest absolute Gasteiger partial charge is 0.289 e. The number of hydrogen-bond acceptors (Lipinski definition) is 4. The second-order valence-corrected chi connectivity index (χ2v) is 5.83. The lowest BCUT2D eigenvalue weighted by molar-refractivity contribution is -0.384. The largest absolute Gasteiger partial charge is 0.329 e. The van der Waals surface area contributed by atoms with E-state index in [-0.39, 0.29) is 23.2 Å². The summed E-state index contributed by atoms with van der Waals surface area (Å²) in [4.78, 5) is 22.8. The zero-order chi connectivity index (χ0) is 15.5. The van der Waals surface area contributed by atoms with Crippen molar-refractivity contribution < 1.29 is 9.72 Å². The normalized spacial score (nSPS) is 17.2. The molecule has 114 valence electrons. The fourth-order valence-electron chi connectivity index (χ4n) is 2.75. The van der Waals surface area contributed by atoms with Gasteiger partial charge in [-0.1, -0.05) is 30.9 Å². The molecule has 0 aromatic heterocycles. The van der Waals surface area contributed by atoms with E-state index in [2.05, 4.69) is 5.32 Å². The number of nitrogens with two attached hydrogens (primary N) is 1. The predicted molar refractivity (Wildman–Crippen MR) is 81.3 cm³/mol. The van der Waals surface area contributed by atoms with Crippen LogP contribution >= 0.6 is 11.6 Å². The SMILES string of the molecule is NCC1(C(=O)Nc2ccc(Cl)c([N+](=O)[O-])c2)CCCCC1. The van der Waals surface area contributed by atoms with E-state index in [1.165, 1.54) is 12.1 Å². The van der Waals surface area contributed by atoms with Crippen molar-refractivity contribution in [2.45, 2.75) is 32.1 Å². The molecule has 1 aliphatic rings. The summed E-state index contributed by atoms with van der Waals surface area (Å²) in [5.41, 5.74) is 5.39. The highest BCUT2D eigenvalue weighted by molar-refractivity contribution is 6.32. The maximum absolute atomic E-state index is 12.5. The van der Waals surface area contributed by atoms with Crippen LogP contribution < -0.4 is 11.1 Å². The molecule has 21 heavy (non-hydrogen) atoms. The lowest BCUT2D eigenvalue weighted by Gasteiger charge is -2.34. The number of nitrogens with zero attached hydrogens (tertiary/aromatic N) is 1. The van der Waals surface area contributed by atoms with E-state index in [0.29, 0.717) is 5.69 Å². The van der Waals surface area contributed by atoms with Crippen LogP contribution in [0.3, 0.4) is 0 Å². The molecule has 2 rings (SSSR count). The number of halogens is 1. The molecule has 0 spiro atoms. The second-order valence-electron chi connectivity index (χ2n) is 5.42. The van der Waals surface area contributed by atoms with E-state index in [9.17, 15) is 14.9 Å². The zero-order valence-corrected chi connectivity index (χ0v) is 12.4. The number of nitro benzene ring substituents is 1. The number of rotatable bonds is 4. The number of benzene rings is 1. The first kappa shape index (κ1) is 15.7. The number of amides is 1. The van der Waals surface area contributed by atoms with Crippen LogP contribution in [0.15, 0.2) is 18.2 Å². The number of nitro groups is 1. The molecule has 1 amide bonds. The number of carbonyl (C=O) groups excluding carboxylic acids is 1. The van der Waals surface area contributed by atoms with Crippen LogP contribution in [0.4, 0.5) is 11.4 Å². The summed E-state index contributed by atoms with van der Waals surface area (Å²) in [7, 11) is 0. The van der Waals surface area contributed by atoms with Crippen molar-refractivity contribution in [2.24, 2.45) is 11.1 Å². The van der Waals surface area contributed by atoms with Gasteiger partial charge in [-0.05, 0) is 25.0 Å².